The van der Waals surface area contributed by atoms with Gasteiger partial charge >= 0.3 is 0 Å². The third kappa shape index (κ3) is 1.98. The smallest absolute Gasteiger partial charge is 0.273 e. The molecule has 2 N–H and O–H groups in total. The molecule has 2 aromatic heterocycles. The highest BCUT2D eigenvalue weighted by Gasteiger charge is 2.15. The van der Waals surface area contributed by atoms with E-state index in [-0.39, 0.29) is 4.21 Å². The zero-order valence-electron chi connectivity index (χ0n) is 9.12. The van der Waals surface area contributed by atoms with Gasteiger partial charge in [0.15, 0.2) is 4.21 Å². The van der Waals surface area contributed by atoms with Crippen molar-refractivity contribution in [1.29, 1.82) is 0 Å². The molecule has 0 saturated heterocycles. The molecule has 5 nitrogen and oxygen atoms in total. The summed E-state index contributed by atoms with van der Waals surface area (Å²) in [4.78, 5) is 6.82. The number of sulfonamides is 1. The number of rotatable bonds is 3. The van der Waals surface area contributed by atoms with E-state index in [0.717, 1.165) is 22.2 Å². The molecule has 18 heavy (non-hydrogen) atoms. The van der Waals surface area contributed by atoms with Crippen molar-refractivity contribution in [2.75, 3.05) is 4.72 Å². The fourth-order valence-corrected chi connectivity index (χ4v) is 3.50. The van der Waals surface area contributed by atoms with Crippen LogP contribution in [0.5, 0.6) is 0 Å². The fourth-order valence-electron chi connectivity index (χ4n) is 1.66. The van der Waals surface area contributed by atoms with Gasteiger partial charge in [0.25, 0.3) is 10.0 Å². The Morgan fingerprint density at radius 3 is 2.94 bits per heavy atom. The highest BCUT2D eigenvalue weighted by atomic mass is 32.2. The third-order valence-electron chi connectivity index (χ3n) is 2.48. The van der Waals surface area contributed by atoms with Gasteiger partial charge in [-0.3, -0.25) is 9.71 Å². The Hall–Kier alpha value is -1.86. The van der Waals surface area contributed by atoms with Crippen LogP contribution in [-0.2, 0) is 10.0 Å². The topological polar surface area (TPSA) is 74.8 Å². The highest BCUT2D eigenvalue weighted by Crippen LogP contribution is 2.22. The molecule has 3 rings (SSSR count). The van der Waals surface area contributed by atoms with Crippen LogP contribution >= 0.6 is 11.3 Å². The Balaban J connectivity index is 1.97. The molecule has 0 saturated carbocycles. The second kappa shape index (κ2) is 4.11. The van der Waals surface area contributed by atoms with Crippen molar-refractivity contribution in [3.05, 3.63) is 42.2 Å². The number of thiazole rings is 1. The molecule has 0 radical (unpaired) electrons. The number of hydrogen-bond acceptors (Lipinski definition) is 4. The molecule has 0 atom stereocenters. The molecule has 0 fully saturated rings. The number of fused-ring (bicyclic) bond motifs is 1. The zero-order chi connectivity index (χ0) is 12.6. The summed E-state index contributed by atoms with van der Waals surface area (Å²) in [5.74, 6) is 0. The molecule has 92 valence electrons. The fraction of sp³-hybridized carbons (Fsp3) is 0. The van der Waals surface area contributed by atoms with Crippen molar-refractivity contribution in [3.63, 3.8) is 0 Å². The van der Waals surface area contributed by atoms with Gasteiger partial charge in [0.2, 0.25) is 0 Å². The summed E-state index contributed by atoms with van der Waals surface area (Å²) in [7, 11) is -3.53. The van der Waals surface area contributed by atoms with E-state index in [1.165, 1.54) is 11.7 Å². The minimum absolute atomic E-state index is 0.205. The van der Waals surface area contributed by atoms with E-state index in [9.17, 15) is 8.42 Å². The van der Waals surface area contributed by atoms with E-state index in [2.05, 4.69) is 14.7 Å². The van der Waals surface area contributed by atoms with Crippen molar-refractivity contribution in [2.45, 2.75) is 4.21 Å². The maximum Gasteiger partial charge on any atom is 0.273 e. The van der Waals surface area contributed by atoms with Crippen LogP contribution in [0.1, 0.15) is 0 Å². The van der Waals surface area contributed by atoms with E-state index >= 15 is 0 Å². The second-order valence-corrected chi connectivity index (χ2v) is 6.50. The van der Waals surface area contributed by atoms with Crippen molar-refractivity contribution >= 4 is 38.0 Å². The molecule has 0 aliphatic heterocycles. The molecule has 0 unspecified atom stereocenters. The average Bonchev–Trinajstić information content (AvgIpc) is 2.99. The molecule has 0 spiro atoms. The first-order valence-corrected chi connectivity index (χ1v) is 7.50. The molecule has 1 aromatic carbocycles. The molecule has 0 amide bonds. The van der Waals surface area contributed by atoms with Gasteiger partial charge in [0.05, 0.1) is 11.7 Å². The normalized spacial score (nSPS) is 11.8. The predicted octanol–water partition coefficient (Wildman–Crippen LogP) is 2.43. The number of aromatic amines is 1. The summed E-state index contributed by atoms with van der Waals surface area (Å²) in [6.07, 6.45) is 3.15. The zero-order valence-corrected chi connectivity index (χ0v) is 10.8. The summed E-state index contributed by atoms with van der Waals surface area (Å²) < 4.78 is 26.7. The lowest BCUT2D eigenvalue weighted by atomic mass is 10.2. The third-order valence-corrected chi connectivity index (χ3v) is 5.13. The first-order chi connectivity index (χ1) is 8.65. The highest BCUT2D eigenvalue weighted by molar-refractivity contribution is 7.94. The van der Waals surface area contributed by atoms with E-state index in [1.54, 1.807) is 12.1 Å². The Morgan fingerprint density at radius 2 is 2.17 bits per heavy atom. The lowest BCUT2D eigenvalue weighted by Gasteiger charge is -2.05. The van der Waals surface area contributed by atoms with Gasteiger partial charge in [-0.2, -0.15) is 0 Å². The van der Waals surface area contributed by atoms with Crippen molar-refractivity contribution in [2.24, 2.45) is 0 Å². The van der Waals surface area contributed by atoms with Crippen LogP contribution in [0, 0.1) is 0 Å². The van der Waals surface area contributed by atoms with E-state index in [4.69, 9.17) is 0 Å². The van der Waals surface area contributed by atoms with E-state index in [1.807, 2.05) is 18.3 Å². The van der Waals surface area contributed by atoms with Crippen LogP contribution in [0.15, 0.2) is 46.4 Å². The number of nitrogens with one attached hydrogen (secondary N) is 2. The Kier molecular flexibility index (Phi) is 2.57. The van der Waals surface area contributed by atoms with Gasteiger partial charge in [-0.05, 0) is 24.3 Å². The molecule has 0 aliphatic rings. The Bertz CT molecular complexity index is 776. The van der Waals surface area contributed by atoms with Crippen LogP contribution in [0.2, 0.25) is 0 Å². The molecule has 7 heteroatoms. The number of anilines is 1. The SMILES string of the molecule is O=S(=O)(Nc1ccc2[nH]ccc2c1)c1cncs1. The second-order valence-electron chi connectivity index (χ2n) is 3.71. The van der Waals surface area contributed by atoms with Gasteiger partial charge in [-0.1, -0.05) is 0 Å². The number of benzene rings is 1. The number of aromatic nitrogens is 2. The van der Waals surface area contributed by atoms with Gasteiger partial charge in [0, 0.05) is 22.8 Å². The van der Waals surface area contributed by atoms with Crippen molar-refractivity contribution in [1.82, 2.24) is 9.97 Å². The molecule has 2 heterocycles. The quantitative estimate of drug-likeness (QED) is 0.773. The maximum absolute atomic E-state index is 12.0. The Morgan fingerprint density at radius 1 is 1.28 bits per heavy atom. The molecular formula is C11H9N3O2S2. The van der Waals surface area contributed by atoms with E-state index in [0.29, 0.717) is 5.69 Å². The standard InChI is InChI=1S/C11H9N3O2S2/c15-18(16,11-6-12-7-17-11)14-9-1-2-10-8(5-9)3-4-13-10/h1-7,13-14H. The van der Waals surface area contributed by atoms with Crippen LogP contribution in [0.25, 0.3) is 10.9 Å². The number of H-pyrrole nitrogens is 1. The lowest BCUT2D eigenvalue weighted by molar-refractivity contribution is 0.603. The average molecular weight is 279 g/mol. The minimum atomic E-state index is -3.53. The van der Waals surface area contributed by atoms with Crippen LogP contribution in [0.4, 0.5) is 5.69 Å². The summed E-state index contributed by atoms with van der Waals surface area (Å²) in [5.41, 5.74) is 3.00. The largest absolute Gasteiger partial charge is 0.361 e. The van der Waals surface area contributed by atoms with Crippen molar-refractivity contribution < 1.29 is 8.42 Å². The van der Waals surface area contributed by atoms with Gasteiger partial charge < -0.3 is 4.98 Å². The molecule has 0 aliphatic carbocycles. The first-order valence-electron chi connectivity index (χ1n) is 5.14. The molecule has 0 bridgehead atoms. The lowest BCUT2D eigenvalue weighted by Crippen LogP contribution is -2.11. The first kappa shape index (κ1) is 11.2. The molecule has 3 aromatic rings. The number of hydrogen-bond donors (Lipinski definition) is 2. The van der Waals surface area contributed by atoms with Gasteiger partial charge in [-0.15, -0.1) is 11.3 Å². The van der Waals surface area contributed by atoms with Gasteiger partial charge in [-0.25, -0.2) is 8.42 Å². The summed E-state index contributed by atoms with van der Waals surface area (Å²) in [5, 5.41) is 0.958. The van der Waals surface area contributed by atoms with Crippen LogP contribution in [-0.4, -0.2) is 18.4 Å². The predicted molar refractivity (Wildman–Crippen MR) is 71.2 cm³/mol. The van der Waals surface area contributed by atoms with Crippen LogP contribution in [0.3, 0.4) is 0 Å². The minimum Gasteiger partial charge on any atom is -0.361 e. The van der Waals surface area contributed by atoms with E-state index < -0.39 is 10.0 Å². The maximum atomic E-state index is 12.0. The Labute approximate surface area is 108 Å². The van der Waals surface area contributed by atoms with Gasteiger partial charge in [0.1, 0.15) is 0 Å². The van der Waals surface area contributed by atoms with Crippen molar-refractivity contribution in [3.8, 4) is 0 Å². The number of nitrogens with zero attached hydrogens (tertiary/aromatic N) is 1. The monoisotopic (exact) mass is 279 g/mol. The summed E-state index contributed by atoms with van der Waals surface area (Å²) in [6, 6.07) is 7.22. The summed E-state index contributed by atoms with van der Waals surface area (Å²) >= 11 is 1.09. The van der Waals surface area contributed by atoms with Crippen LogP contribution < -0.4 is 4.72 Å². The molecular weight excluding hydrogens is 270 g/mol. The summed E-state index contributed by atoms with van der Waals surface area (Å²) in [6.45, 7) is 0.